The molecule has 138 valence electrons. The van der Waals surface area contributed by atoms with Crippen molar-refractivity contribution in [1.82, 2.24) is 5.32 Å². The summed E-state index contributed by atoms with van der Waals surface area (Å²) in [4.78, 5) is 12.5. The summed E-state index contributed by atoms with van der Waals surface area (Å²) in [6, 6.07) is 9.31. The summed E-state index contributed by atoms with van der Waals surface area (Å²) in [6.45, 7) is 9.38. The molecule has 4 nitrogen and oxygen atoms in total. The highest BCUT2D eigenvalue weighted by atomic mass is 16.5. The number of carbonyl (C=O) groups excluding carboxylic acids is 1. The molecular weight excluding hydrogens is 326 g/mol. The van der Waals surface area contributed by atoms with Gasteiger partial charge in [-0.3, -0.25) is 4.79 Å². The quantitative estimate of drug-likeness (QED) is 0.843. The third kappa shape index (κ3) is 3.28. The predicted molar refractivity (Wildman–Crippen MR) is 102 cm³/mol. The lowest BCUT2D eigenvalue weighted by molar-refractivity contribution is 0.0938. The van der Waals surface area contributed by atoms with Gasteiger partial charge in [0.15, 0.2) is 5.76 Å². The van der Waals surface area contributed by atoms with Crippen LogP contribution >= 0.6 is 0 Å². The number of nitrogens with one attached hydrogen (secondary N) is 1. The maximum absolute atomic E-state index is 12.5. The highest BCUT2D eigenvalue weighted by Gasteiger charge is 2.45. The number of methoxy groups -OCH3 is 1. The maximum atomic E-state index is 12.5. The van der Waals surface area contributed by atoms with E-state index in [-0.39, 0.29) is 16.7 Å². The van der Waals surface area contributed by atoms with E-state index in [2.05, 4.69) is 33.0 Å². The fourth-order valence-corrected chi connectivity index (χ4v) is 4.26. The molecule has 0 unspecified atom stereocenters. The number of benzene rings is 1. The van der Waals surface area contributed by atoms with E-state index in [0.717, 1.165) is 23.3 Å². The van der Waals surface area contributed by atoms with Crippen LogP contribution in [0.15, 0.2) is 65.3 Å². The molecule has 1 aromatic rings. The normalized spacial score (nSPS) is 18.5. The van der Waals surface area contributed by atoms with Gasteiger partial charge in [0.1, 0.15) is 6.26 Å². The van der Waals surface area contributed by atoms with Crippen LogP contribution < -0.4 is 5.32 Å². The molecule has 1 heterocycles. The molecule has 0 saturated carbocycles. The Morgan fingerprint density at radius 2 is 1.92 bits per heavy atom. The summed E-state index contributed by atoms with van der Waals surface area (Å²) in [5.74, 6) is 0.705. The molecule has 26 heavy (non-hydrogen) atoms. The smallest absolute Gasteiger partial charge is 0.251 e. The first-order valence-electron chi connectivity index (χ1n) is 8.94. The Morgan fingerprint density at radius 1 is 1.23 bits per heavy atom. The Kier molecular flexibility index (Phi) is 4.70. The van der Waals surface area contributed by atoms with Gasteiger partial charge in [0.2, 0.25) is 0 Å². The number of hydrogen-bond acceptors (Lipinski definition) is 3. The first-order chi connectivity index (χ1) is 12.3. The first kappa shape index (κ1) is 18.3. The summed E-state index contributed by atoms with van der Waals surface area (Å²) in [6.07, 6.45) is 4.36. The van der Waals surface area contributed by atoms with Crippen LogP contribution in [0.3, 0.4) is 0 Å². The van der Waals surface area contributed by atoms with Crippen LogP contribution in [0, 0.1) is 10.8 Å². The third-order valence-electron chi connectivity index (χ3n) is 5.14. The molecule has 0 atom stereocenters. The minimum atomic E-state index is -0.228. The highest BCUT2D eigenvalue weighted by Crippen LogP contribution is 2.55. The van der Waals surface area contributed by atoms with Crippen LogP contribution in [0.1, 0.15) is 44.5 Å². The van der Waals surface area contributed by atoms with E-state index >= 15 is 0 Å². The Morgan fingerprint density at radius 3 is 2.58 bits per heavy atom. The van der Waals surface area contributed by atoms with Crippen LogP contribution in [-0.4, -0.2) is 19.6 Å². The highest BCUT2D eigenvalue weighted by molar-refractivity contribution is 5.94. The van der Waals surface area contributed by atoms with Gasteiger partial charge in [-0.2, -0.15) is 0 Å². The van der Waals surface area contributed by atoms with Gasteiger partial charge in [-0.05, 0) is 35.1 Å². The Balaban J connectivity index is 1.89. The van der Waals surface area contributed by atoms with E-state index in [1.165, 1.54) is 5.57 Å². The molecule has 0 spiro atoms. The van der Waals surface area contributed by atoms with Crippen LogP contribution in [-0.2, 0) is 9.47 Å². The molecule has 3 rings (SSSR count). The van der Waals surface area contributed by atoms with Crippen molar-refractivity contribution in [2.24, 2.45) is 10.8 Å². The third-order valence-corrected chi connectivity index (χ3v) is 5.14. The maximum Gasteiger partial charge on any atom is 0.251 e. The van der Waals surface area contributed by atoms with Crippen LogP contribution in [0.2, 0.25) is 0 Å². The number of ether oxygens (including phenoxy) is 2. The number of rotatable bonds is 5. The van der Waals surface area contributed by atoms with Gasteiger partial charge in [0.25, 0.3) is 5.91 Å². The van der Waals surface area contributed by atoms with Gasteiger partial charge >= 0.3 is 0 Å². The lowest BCUT2D eigenvalue weighted by atomic mass is 9.70. The topological polar surface area (TPSA) is 47.6 Å². The number of allylic oxidation sites excluding steroid dienone is 1. The Labute approximate surface area is 155 Å². The second kappa shape index (κ2) is 6.67. The molecule has 0 saturated heterocycles. The molecule has 0 bridgehead atoms. The largest absolute Gasteiger partial charge is 0.493 e. The molecule has 1 aliphatic heterocycles. The fraction of sp³-hybridized carbons (Fsp3) is 0.409. The molecule has 1 aliphatic carbocycles. The standard InChI is InChI=1S/C22H27NO3/c1-21(2)11-16-12-26-13-17(25-5)18(16)19(21)22(3,4)14-23-20(24)15-9-7-6-8-10-15/h6-10,12-13H,11,14H2,1-5H3,(H,23,24). The molecule has 0 fully saturated rings. The zero-order chi connectivity index (χ0) is 18.9. The van der Waals surface area contributed by atoms with E-state index in [9.17, 15) is 4.79 Å². The minimum Gasteiger partial charge on any atom is -0.493 e. The number of fused-ring (bicyclic) bond motifs is 1. The molecular formula is C22H27NO3. The van der Waals surface area contributed by atoms with Gasteiger partial charge in [-0.1, -0.05) is 45.9 Å². The summed E-state index contributed by atoms with van der Waals surface area (Å²) < 4.78 is 11.0. The molecule has 2 aliphatic rings. The van der Waals surface area contributed by atoms with Gasteiger partial charge < -0.3 is 14.8 Å². The average Bonchev–Trinajstić information content (AvgIpc) is 2.90. The van der Waals surface area contributed by atoms with Crippen molar-refractivity contribution in [3.63, 3.8) is 0 Å². The summed E-state index contributed by atoms with van der Waals surface area (Å²) in [5.41, 5.74) is 3.99. The average molecular weight is 353 g/mol. The lowest BCUT2D eigenvalue weighted by Gasteiger charge is -2.36. The second-order valence-electron chi connectivity index (χ2n) is 8.21. The zero-order valence-corrected chi connectivity index (χ0v) is 16.2. The molecule has 0 radical (unpaired) electrons. The number of hydrogen-bond donors (Lipinski definition) is 1. The molecule has 1 N–H and O–H groups in total. The molecule has 1 aromatic carbocycles. The summed E-state index contributed by atoms with van der Waals surface area (Å²) in [5, 5.41) is 3.10. The Hall–Kier alpha value is -2.49. The van der Waals surface area contributed by atoms with Crippen molar-refractivity contribution in [2.45, 2.75) is 34.1 Å². The zero-order valence-electron chi connectivity index (χ0n) is 16.2. The van der Waals surface area contributed by atoms with Gasteiger partial charge in [0.05, 0.1) is 13.4 Å². The number of carbonyl (C=O) groups is 1. The van der Waals surface area contributed by atoms with E-state index < -0.39 is 0 Å². The SMILES string of the molecule is COC1=COC=C2CC(C)(C)C(C(C)(C)CNC(=O)c3ccccc3)=C21. The van der Waals surface area contributed by atoms with Crippen molar-refractivity contribution in [3.05, 3.63) is 70.9 Å². The molecule has 0 aromatic heterocycles. The van der Waals surface area contributed by atoms with Crippen molar-refractivity contribution >= 4 is 5.91 Å². The molecule has 1 amide bonds. The monoisotopic (exact) mass is 353 g/mol. The van der Waals surface area contributed by atoms with Crippen molar-refractivity contribution in [2.75, 3.05) is 13.7 Å². The van der Waals surface area contributed by atoms with E-state index in [1.54, 1.807) is 13.4 Å². The first-order valence-corrected chi connectivity index (χ1v) is 8.94. The second-order valence-corrected chi connectivity index (χ2v) is 8.21. The van der Waals surface area contributed by atoms with E-state index in [0.29, 0.717) is 12.1 Å². The van der Waals surface area contributed by atoms with Crippen molar-refractivity contribution < 1.29 is 14.3 Å². The van der Waals surface area contributed by atoms with Crippen LogP contribution in [0.4, 0.5) is 0 Å². The summed E-state index contributed by atoms with van der Waals surface area (Å²) >= 11 is 0. The molecule has 4 heteroatoms. The predicted octanol–water partition coefficient (Wildman–Crippen LogP) is 4.57. The summed E-state index contributed by atoms with van der Waals surface area (Å²) in [7, 11) is 1.66. The van der Waals surface area contributed by atoms with Gasteiger partial charge in [-0.25, -0.2) is 0 Å². The van der Waals surface area contributed by atoms with Crippen LogP contribution in [0.5, 0.6) is 0 Å². The fourth-order valence-electron chi connectivity index (χ4n) is 4.26. The number of amides is 1. The van der Waals surface area contributed by atoms with Crippen LogP contribution in [0.25, 0.3) is 0 Å². The lowest BCUT2D eigenvalue weighted by Crippen LogP contribution is -2.38. The van der Waals surface area contributed by atoms with E-state index in [1.807, 2.05) is 36.6 Å². The van der Waals surface area contributed by atoms with Gasteiger partial charge in [-0.15, -0.1) is 0 Å². The minimum absolute atomic E-state index is 0.0343. The Bertz CT molecular complexity index is 798. The van der Waals surface area contributed by atoms with E-state index in [4.69, 9.17) is 9.47 Å². The van der Waals surface area contributed by atoms with Crippen molar-refractivity contribution in [1.29, 1.82) is 0 Å². The van der Waals surface area contributed by atoms with Crippen molar-refractivity contribution in [3.8, 4) is 0 Å². The van der Waals surface area contributed by atoms with Gasteiger partial charge in [0, 0.05) is 23.1 Å².